The van der Waals surface area contributed by atoms with Gasteiger partial charge in [-0.1, -0.05) is 60.4 Å². The lowest BCUT2D eigenvalue weighted by Gasteiger charge is -2.21. The molecule has 0 saturated heterocycles. The lowest BCUT2D eigenvalue weighted by Crippen LogP contribution is -2.34. The third kappa shape index (κ3) is 5.03. The van der Waals surface area contributed by atoms with Gasteiger partial charge in [0.2, 0.25) is 0 Å². The van der Waals surface area contributed by atoms with Gasteiger partial charge in [0, 0.05) is 20.7 Å². The van der Waals surface area contributed by atoms with Crippen molar-refractivity contribution >= 4 is 56.5 Å². The van der Waals surface area contributed by atoms with Crippen molar-refractivity contribution in [2.75, 3.05) is 5.32 Å². The van der Waals surface area contributed by atoms with E-state index in [4.69, 9.17) is 23.8 Å². The van der Waals surface area contributed by atoms with Crippen LogP contribution >= 0.6 is 39.7 Å². The molecule has 6 heteroatoms. The number of anilines is 1. The number of halogens is 2. The molecular weight excluding hydrogens is 420 g/mol. The van der Waals surface area contributed by atoms with Crippen LogP contribution in [0.3, 0.4) is 0 Å². The molecule has 1 amide bonds. The van der Waals surface area contributed by atoms with E-state index in [1.54, 1.807) is 12.1 Å². The summed E-state index contributed by atoms with van der Waals surface area (Å²) in [6, 6.07) is 11.0. The highest BCUT2D eigenvalue weighted by Gasteiger charge is 2.18. The molecule has 0 aliphatic heterocycles. The third-order valence-corrected chi connectivity index (χ3v) is 5.05. The van der Waals surface area contributed by atoms with E-state index >= 15 is 0 Å². The smallest absolute Gasteiger partial charge is 0.257 e. The Morgan fingerprint density at radius 2 is 1.88 bits per heavy atom. The number of hydrogen-bond acceptors (Lipinski definition) is 2. The van der Waals surface area contributed by atoms with Gasteiger partial charge in [0.05, 0.1) is 0 Å². The molecule has 25 heavy (non-hydrogen) atoms. The summed E-state index contributed by atoms with van der Waals surface area (Å²) in [6.07, 6.45) is 0. The average molecular weight is 440 g/mol. The average Bonchev–Trinajstić information content (AvgIpc) is 2.50. The summed E-state index contributed by atoms with van der Waals surface area (Å²) in [5, 5.41) is 6.57. The van der Waals surface area contributed by atoms with Gasteiger partial charge in [0.1, 0.15) is 0 Å². The first-order valence-corrected chi connectivity index (χ1v) is 9.35. The van der Waals surface area contributed by atoms with Gasteiger partial charge in [-0.05, 0) is 59.9 Å². The van der Waals surface area contributed by atoms with Crippen LogP contribution in [0, 0.1) is 6.92 Å². The zero-order valence-corrected chi connectivity index (χ0v) is 17.7. The van der Waals surface area contributed by atoms with Gasteiger partial charge in [0.25, 0.3) is 5.91 Å². The van der Waals surface area contributed by atoms with Crippen molar-refractivity contribution in [2.45, 2.75) is 33.1 Å². The molecule has 2 aromatic carbocycles. The first kappa shape index (κ1) is 19.9. The second-order valence-corrected chi connectivity index (χ2v) is 8.44. The lowest BCUT2D eigenvalue weighted by atomic mass is 9.86. The van der Waals surface area contributed by atoms with Crippen LogP contribution in [0.4, 0.5) is 5.69 Å². The fourth-order valence-corrected chi connectivity index (χ4v) is 3.69. The van der Waals surface area contributed by atoms with E-state index in [1.807, 2.05) is 31.2 Å². The van der Waals surface area contributed by atoms with Crippen LogP contribution in [0.1, 0.15) is 42.3 Å². The van der Waals surface area contributed by atoms with Crippen LogP contribution in [0.2, 0.25) is 5.02 Å². The largest absolute Gasteiger partial charge is 0.332 e. The highest BCUT2D eigenvalue weighted by Crippen LogP contribution is 2.30. The van der Waals surface area contributed by atoms with Gasteiger partial charge < -0.3 is 5.32 Å². The van der Waals surface area contributed by atoms with E-state index in [1.165, 1.54) is 0 Å². The monoisotopic (exact) mass is 438 g/mol. The molecule has 0 bridgehead atoms. The van der Waals surface area contributed by atoms with E-state index in [-0.39, 0.29) is 16.4 Å². The van der Waals surface area contributed by atoms with Crippen LogP contribution in [0.15, 0.2) is 40.9 Å². The predicted octanol–water partition coefficient (Wildman–Crippen LogP) is 5.84. The molecule has 2 aromatic rings. The summed E-state index contributed by atoms with van der Waals surface area (Å²) < 4.78 is 0.900. The van der Waals surface area contributed by atoms with Gasteiger partial charge in [0.15, 0.2) is 5.11 Å². The molecule has 0 aromatic heterocycles. The first-order chi connectivity index (χ1) is 11.6. The Bertz CT molecular complexity index is 831. The molecule has 0 unspecified atom stereocenters. The Kier molecular flexibility index (Phi) is 6.25. The second kappa shape index (κ2) is 7.85. The Labute approximate surface area is 167 Å². The standard InChI is InChI=1S/C19H20BrClN2OS/c1-11-15(21)6-5-7-16(11)22-18(25)23-17(24)12-8-9-13(14(20)10-12)19(2,3)4/h5-10H,1-4H3,(H2,22,23,24,25). The first-order valence-electron chi connectivity index (χ1n) is 7.77. The number of rotatable bonds is 2. The van der Waals surface area contributed by atoms with E-state index in [0.717, 1.165) is 21.3 Å². The minimum Gasteiger partial charge on any atom is -0.332 e. The van der Waals surface area contributed by atoms with Gasteiger partial charge in [-0.15, -0.1) is 0 Å². The number of carbonyl (C=O) groups excluding carboxylic acids is 1. The lowest BCUT2D eigenvalue weighted by molar-refractivity contribution is 0.0977. The number of nitrogens with one attached hydrogen (secondary N) is 2. The molecule has 3 nitrogen and oxygen atoms in total. The zero-order chi connectivity index (χ0) is 18.8. The van der Waals surface area contributed by atoms with Gasteiger partial charge in [-0.2, -0.15) is 0 Å². The fourth-order valence-electron chi connectivity index (χ4n) is 2.34. The maximum absolute atomic E-state index is 12.4. The third-order valence-electron chi connectivity index (χ3n) is 3.78. The second-order valence-electron chi connectivity index (χ2n) is 6.77. The number of amides is 1. The molecule has 0 fully saturated rings. The van der Waals surface area contributed by atoms with E-state index in [9.17, 15) is 4.79 Å². The molecule has 0 heterocycles. The van der Waals surface area contributed by atoms with Crippen molar-refractivity contribution in [3.8, 4) is 0 Å². The van der Waals surface area contributed by atoms with Crippen molar-refractivity contribution in [3.05, 3.63) is 62.6 Å². The maximum atomic E-state index is 12.4. The van der Waals surface area contributed by atoms with Crippen LogP contribution in [0.5, 0.6) is 0 Å². The van der Waals surface area contributed by atoms with E-state index < -0.39 is 0 Å². The summed E-state index contributed by atoms with van der Waals surface area (Å²) in [4.78, 5) is 12.4. The van der Waals surface area contributed by atoms with Crippen LogP contribution in [-0.4, -0.2) is 11.0 Å². The maximum Gasteiger partial charge on any atom is 0.257 e. The molecule has 0 atom stereocenters. The summed E-state index contributed by atoms with van der Waals surface area (Å²) in [7, 11) is 0. The number of thiocarbonyl (C=S) groups is 1. The molecule has 2 rings (SSSR count). The topological polar surface area (TPSA) is 41.1 Å². The molecular formula is C19H20BrClN2OS. The summed E-state index contributed by atoms with van der Waals surface area (Å²) >= 11 is 14.9. The highest BCUT2D eigenvalue weighted by molar-refractivity contribution is 9.10. The highest BCUT2D eigenvalue weighted by atomic mass is 79.9. The predicted molar refractivity (Wildman–Crippen MR) is 113 cm³/mol. The van der Waals surface area contributed by atoms with Crippen molar-refractivity contribution in [1.29, 1.82) is 0 Å². The van der Waals surface area contributed by atoms with Crippen molar-refractivity contribution in [1.82, 2.24) is 5.32 Å². The molecule has 2 N–H and O–H groups in total. The normalized spacial score (nSPS) is 11.1. The van der Waals surface area contributed by atoms with Gasteiger partial charge in [-0.25, -0.2) is 0 Å². The quantitative estimate of drug-likeness (QED) is 0.578. The zero-order valence-electron chi connectivity index (χ0n) is 14.5. The fraction of sp³-hybridized carbons (Fsp3) is 0.263. The SMILES string of the molecule is Cc1c(Cl)cccc1NC(=S)NC(=O)c1ccc(C(C)(C)C)c(Br)c1. The summed E-state index contributed by atoms with van der Waals surface area (Å²) in [5.74, 6) is -0.265. The molecule has 0 spiro atoms. The van der Waals surface area contributed by atoms with Gasteiger partial charge >= 0.3 is 0 Å². The van der Waals surface area contributed by atoms with Crippen molar-refractivity contribution in [2.24, 2.45) is 0 Å². The van der Waals surface area contributed by atoms with E-state index in [2.05, 4.69) is 47.3 Å². The Hall–Kier alpha value is -1.43. The molecule has 0 aliphatic rings. The number of carbonyl (C=O) groups is 1. The summed E-state index contributed by atoms with van der Waals surface area (Å²) in [5.41, 5.74) is 3.31. The van der Waals surface area contributed by atoms with Crippen LogP contribution in [0.25, 0.3) is 0 Å². The minimum absolute atomic E-state index is 0.00516. The van der Waals surface area contributed by atoms with Crippen molar-refractivity contribution in [3.63, 3.8) is 0 Å². The summed E-state index contributed by atoms with van der Waals surface area (Å²) in [6.45, 7) is 8.26. The van der Waals surface area contributed by atoms with Gasteiger partial charge in [-0.3, -0.25) is 10.1 Å². The molecule has 0 aliphatic carbocycles. The molecule has 0 saturated carbocycles. The van der Waals surface area contributed by atoms with Crippen LogP contribution < -0.4 is 10.6 Å². The Morgan fingerprint density at radius 3 is 2.48 bits per heavy atom. The number of hydrogen-bond donors (Lipinski definition) is 2. The minimum atomic E-state index is -0.265. The van der Waals surface area contributed by atoms with Crippen molar-refractivity contribution < 1.29 is 4.79 Å². The van der Waals surface area contributed by atoms with E-state index in [0.29, 0.717) is 10.6 Å². The van der Waals surface area contributed by atoms with Crippen LogP contribution in [-0.2, 0) is 5.41 Å². The molecule has 0 radical (unpaired) electrons. The molecule has 132 valence electrons. The number of benzene rings is 2. The Morgan fingerprint density at radius 1 is 1.20 bits per heavy atom. The Balaban J connectivity index is 2.10.